The fraction of sp³-hybridized carbons (Fsp3) is 0.579. The van der Waals surface area contributed by atoms with Crippen LogP contribution in [0.4, 0.5) is 0 Å². The number of hydrogen-bond acceptors (Lipinski definition) is 4. The summed E-state index contributed by atoms with van der Waals surface area (Å²) in [6.45, 7) is 7.04. The minimum atomic E-state index is -0.536. The number of benzene rings is 1. The number of nitrogens with one attached hydrogen (secondary N) is 2. The fourth-order valence-corrected chi connectivity index (χ4v) is 3.26. The molecule has 0 radical (unpaired) electrons. The van der Waals surface area contributed by atoms with Crippen LogP contribution in [0.3, 0.4) is 0 Å². The van der Waals surface area contributed by atoms with E-state index in [4.69, 9.17) is 0 Å². The standard InChI is InChI=1S/C19H29N3O3/c1-13(2)18(21-14(3)23)19(25)20-10-16-9-17(24)12-22(16)11-15-7-5-4-6-8-15/h4-8,13,16-18,24H,9-12H2,1-3H3,(H,20,25)(H,21,23)/t16-,17-,18?/m1/s1. The zero-order valence-corrected chi connectivity index (χ0v) is 15.2. The first kappa shape index (κ1) is 19.4. The Morgan fingerprint density at radius 1 is 1.28 bits per heavy atom. The number of rotatable bonds is 7. The predicted octanol–water partition coefficient (Wildman–Crippen LogP) is 0.899. The number of hydrogen-bond donors (Lipinski definition) is 3. The Bertz CT molecular complexity index is 577. The van der Waals surface area contributed by atoms with Crippen molar-refractivity contribution in [2.24, 2.45) is 5.92 Å². The topological polar surface area (TPSA) is 81.7 Å². The number of amides is 2. The van der Waals surface area contributed by atoms with Crippen LogP contribution in [-0.2, 0) is 16.1 Å². The van der Waals surface area contributed by atoms with Crippen molar-refractivity contribution in [3.8, 4) is 0 Å². The highest BCUT2D eigenvalue weighted by Crippen LogP contribution is 2.20. The maximum atomic E-state index is 12.4. The number of nitrogens with zero attached hydrogens (tertiary/aromatic N) is 1. The molecule has 0 spiro atoms. The molecule has 1 aliphatic rings. The van der Waals surface area contributed by atoms with Crippen molar-refractivity contribution in [3.05, 3.63) is 35.9 Å². The van der Waals surface area contributed by atoms with Gasteiger partial charge in [-0.15, -0.1) is 0 Å². The zero-order valence-electron chi connectivity index (χ0n) is 15.2. The molecule has 0 aliphatic carbocycles. The predicted molar refractivity (Wildman–Crippen MR) is 96.7 cm³/mol. The van der Waals surface area contributed by atoms with Crippen molar-refractivity contribution < 1.29 is 14.7 Å². The molecule has 25 heavy (non-hydrogen) atoms. The molecule has 3 N–H and O–H groups in total. The van der Waals surface area contributed by atoms with Gasteiger partial charge < -0.3 is 15.7 Å². The number of carbonyl (C=O) groups excluding carboxylic acids is 2. The molecular weight excluding hydrogens is 318 g/mol. The summed E-state index contributed by atoms with van der Waals surface area (Å²) < 4.78 is 0. The lowest BCUT2D eigenvalue weighted by Gasteiger charge is -2.26. The zero-order chi connectivity index (χ0) is 18.4. The van der Waals surface area contributed by atoms with Crippen molar-refractivity contribution in [3.63, 3.8) is 0 Å². The summed E-state index contributed by atoms with van der Waals surface area (Å²) in [5.74, 6) is -0.374. The molecule has 0 bridgehead atoms. The SMILES string of the molecule is CC(=O)NC(C(=O)NC[C@H]1C[C@@H](O)CN1Cc1ccccc1)C(C)C. The van der Waals surface area contributed by atoms with Crippen LogP contribution in [-0.4, -0.2) is 53.1 Å². The number of carbonyl (C=O) groups is 2. The van der Waals surface area contributed by atoms with Crippen molar-refractivity contribution in [2.45, 2.75) is 51.9 Å². The van der Waals surface area contributed by atoms with Crippen molar-refractivity contribution >= 4 is 11.8 Å². The van der Waals surface area contributed by atoms with Crippen LogP contribution in [0, 0.1) is 5.92 Å². The molecule has 1 fully saturated rings. The van der Waals surface area contributed by atoms with Crippen LogP contribution < -0.4 is 10.6 Å². The van der Waals surface area contributed by atoms with Gasteiger partial charge in [0.25, 0.3) is 0 Å². The summed E-state index contributed by atoms with van der Waals surface area (Å²) in [6, 6.07) is 9.65. The van der Waals surface area contributed by atoms with Crippen LogP contribution in [0.5, 0.6) is 0 Å². The van der Waals surface area contributed by atoms with Gasteiger partial charge in [0.1, 0.15) is 6.04 Å². The van der Waals surface area contributed by atoms with E-state index in [1.807, 2.05) is 32.0 Å². The van der Waals surface area contributed by atoms with Gasteiger partial charge in [-0.25, -0.2) is 0 Å². The second-order valence-corrected chi connectivity index (χ2v) is 7.13. The molecule has 1 unspecified atom stereocenters. The van der Waals surface area contributed by atoms with E-state index in [0.29, 0.717) is 19.5 Å². The Hall–Kier alpha value is -1.92. The largest absolute Gasteiger partial charge is 0.392 e. The molecule has 6 heteroatoms. The average Bonchev–Trinajstić information content (AvgIpc) is 2.90. The van der Waals surface area contributed by atoms with E-state index in [-0.39, 0.29) is 29.9 Å². The Kier molecular flexibility index (Phi) is 6.96. The molecule has 138 valence electrons. The molecule has 1 aromatic carbocycles. The number of β-amino-alcohol motifs (C(OH)–C–C–N with tert-alkyl or cyclic N) is 1. The van der Waals surface area contributed by atoms with Gasteiger partial charge in [0, 0.05) is 32.6 Å². The first-order valence-electron chi connectivity index (χ1n) is 8.87. The number of likely N-dealkylation sites (tertiary alicyclic amines) is 1. The van der Waals surface area contributed by atoms with Crippen molar-refractivity contribution in [2.75, 3.05) is 13.1 Å². The molecule has 3 atom stereocenters. The van der Waals surface area contributed by atoms with Crippen LogP contribution >= 0.6 is 0 Å². The third-order valence-corrected chi connectivity index (χ3v) is 4.55. The molecule has 2 amide bonds. The van der Waals surface area contributed by atoms with E-state index in [1.165, 1.54) is 12.5 Å². The summed E-state index contributed by atoms with van der Waals surface area (Å²) in [4.78, 5) is 25.9. The summed E-state index contributed by atoms with van der Waals surface area (Å²) in [5.41, 5.74) is 1.19. The van der Waals surface area contributed by atoms with Gasteiger partial charge in [0.15, 0.2) is 0 Å². The van der Waals surface area contributed by atoms with E-state index in [9.17, 15) is 14.7 Å². The lowest BCUT2D eigenvalue weighted by molar-refractivity contribution is -0.129. The van der Waals surface area contributed by atoms with Crippen LogP contribution in [0.2, 0.25) is 0 Å². The Morgan fingerprint density at radius 3 is 2.56 bits per heavy atom. The molecule has 0 saturated carbocycles. The normalized spacial score (nSPS) is 22.0. The van der Waals surface area contributed by atoms with Crippen molar-refractivity contribution in [1.29, 1.82) is 0 Å². The first-order chi connectivity index (χ1) is 11.9. The summed E-state index contributed by atoms with van der Waals surface area (Å²) >= 11 is 0. The van der Waals surface area contributed by atoms with E-state index in [1.54, 1.807) is 0 Å². The Labute approximate surface area is 149 Å². The molecule has 1 heterocycles. The molecule has 2 rings (SSSR count). The van der Waals surface area contributed by atoms with E-state index in [2.05, 4.69) is 27.7 Å². The van der Waals surface area contributed by atoms with Gasteiger partial charge in [-0.3, -0.25) is 14.5 Å². The highest BCUT2D eigenvalue weighted by Gasteiger charge is 2.32. The third-order valence-electron chi connectivity index (χ3n) is 4.55. The summed E-state index contributed by atoms with van der Waals surface area (Å²) in [7, 11) is 0. The van der Waals surface area contributed by atoms with Gasteiger partial charge >= 0.3 is 0 Å². The molecular formula is C19H29N3O3. The van der Waals surface area contributed by atoms with Crippen LogP contribution in [0.25, 0.3) is 0 Å². The Morgan fingerprint density at radius 2 is 1.96 bits per heavy atom. The van der Waals surface area contributed by atoms with Gasteiger partial charge in [0.2, 0.25) is 11.8 Å². The van der Waals surface area contributed by atoms with Crippen LogP contribution in [0.15, 0.2) is 30.3 Å². The highest BCUT2D eigenvalue weighted by atomic mass is 16.3. The third kappa shape index (κ3) is 5.83. The molecule has 1 aliphatic heterocycles. The van der Waals surface area contributed by atoms with E-state index in [0.717, 1.165) is 6.54 Å². The quantitative estimate of drug-likeness (QED) is 0.684. The monoisotopic (exact) mass is 347 g/mol. The lowest BCUT2D eigenvalue weighted by Crippen LogP contribution is -2.51. The second-order valence-electron chi connectivity index (χ2n) is 7.13. The first-order valence-corrected chi connectivity index (χ1v) is 8.87. The minimum absolute atomic E-state index is 0.0125. The number of aliphatic hydroxyl groups excluding tert-OH is 1. The average molecular weight is 347 g/mol. The minimum Gasteiger partial charge on any atom is -0.392 e. The molecule has 1 saturated heterocycles. The van der Waals surface area contributed by atoms with Gasteiger partial charge in [-0.05, 0) is 17.9 Å². The van der Waals surface area contributed by atoms with E-state index < -0.39 is 6.04 Å². The fourth-order valence-electron chi connectivity index (χ4n) is 3.26. The van der Waals surface area contributed by atoms with Crippen molar-refractivity contribution in [1.82, 2.24) is 15.5 Å². The maximum absolute atomic E-state index is 12.4. The molecule has 0 aromatic heterocycles. The second kappa shape index (κ2) is 8.97. The van der Waals surface area contributed by atoms with Gasteiger partial charge in [-0.2, -0.15) is 0 Å². The van der Waals surface area contributed by atoms with Gasteiger partial charge in [0.05, 0.1) is 6.10 Å². The maximum Gasteiger partial charge on any atom is 0.242 e. The molecule has 6 nitrogen and oxygen atoms in total. The van der Waals surface area contributed by atoms with Crippen LogP contribution in [0.1, 0.15) is 32.8 Å². The smallest absolute Gasteiger partial charge is 0.242 e. The summed E-state index contributed by atoms with van der Waals surface area (Å²) in [5, 5.41) is 15.7. The van der Waals surface area contributed by atoms with E-state index >= 15 is 0 Å². The number of aliphatic hydroxyl groups is 1. The van der Waals surface area contributed by atoms with Gasteiger partial charge in [-0.1, -0.05) is 44.2 Å². The summed E-state index contributed by atoms with van der Waals surface area (Å²) in [6.07, 6.45) is 0.265. The Balaban J connectivity index is 1.92. The lowest BCUT2D eigenvalue weighted by atomic mass is 10.0. The molecule has 1 aromatic rings. The highest BCUT2D eigenvalue weighted by molar-refractivity contribution is 5.87.